The van der Waals surface area contributed by atoms with Crippen LogP contribution in [0.25, 0.3) is 33.7 Å². The minimum absolute atomic E-state index is 0.0649. The third-order valence-corrected chi connectivity index (χ3v) is 6.44. The average molecular weight is 554 g/mol. The van der Waals surface area contributed by atoms with Gasteiger partial charge in [0.05, 0.1) is 11.2 Å². The SMILES string of the molecule is C=CC(=O)Nc1cccc(C)c1-c1nc2nccc(-c3ccc(CNC(=O)c4nc(C(C)(C)C)no4)c(F)c3)c2[nH]1. The molecule has 0 saturated heterocycles. The van der Waals surface area contributed by atoms with Gasteiger partial charge in [-0.3, -0.25) is 9.59 Å². The van der Waals surface area contributed by atoms with Gasteiger partial charge < -0.3 is 20.1 Å². The fourth-order valence-corrected chi connectivity index (χ4v) is 4.27. The number of nitrogens with one attached hydrogen (secondary N) is 3. The Balaban J connectivity index is 1.41. The van der Waals surface area contributed by atoms with Crippen molar-refractivity contribution in [3.8, 4) is 22.5 Å². The fourth-order valence-electron chi connectivity index (χ4n) is 4.27. The lowest BCUT2D eigenvalue weighted by Gasteiger charge is -2.11. The van der Waals surface area contributed by atoms with Crippen molar-refractivity contribution < 1.29 is 18.5 Å². The number of fused-ring (bicyclic) bond motifs is 1. The number of pyridine rings is 1. The first-order valence-corrected chi connectivity index (χ1v) is 12.8. The number of imidazole rings is 1. The highest BCUT2D eigenvalue weighted by Gasteiger charge is 2.24. The summed E-state index contributed by atoms with van der Waals surface area (Å²) in [5.41, 5.74) is 4.41. The number of hydrogen-bond donors (Lipinski definition) is 3. The maximum absolute atomic E-state index is 15.2. The molecule has 0 aliphatic carbocycles. The summed E-state index contributed by atoms with van der Waals surface area (Å²) in [5, 5.41) is 9.28. The molecular weight excluding hydrogens is 525 g/mol. The number of benzene rings is 2. The van der Waals surface area contributed by atoms with Gasteiger partial charge in [-0.15, -0.1) is 0 Å². The second kappa shape index (κ2) is 10.8. The Hall–Kier alpha value is -5.19. The highest BCUT2D eigenvalue weighted by molar-refractivity contribution is 6.02. The molecule has 0 spiro atoms. The lowest BCUT2D eigenvalue weighted by Crippen LogP contribution is -2.24. The van der Waals surface area contributed by atoms with Crippen molar-refractivity contribution in [2.45, 2.75) is 39.7 Å². The lowest BCUT2D eigenvalue weighted by molar-refractivity contribution is -0.111. The maximum atomic E-state index is 15.2. The van der Waals surface area contributed by atoms with Crippen LogP contribution in [-0.4, -0.2) is 36.9 Å². The average Bonchev–Trinajstić information content (AvgIpc) is 3.60. The minimum Gasteiger partial charge on any atom is -0.344 e. The number of aromatic amines is 1. The van der Waals surface area contributed by atoms with E-state index in [1.54, 1.807) is 30.5 Å². The molecule has 5 aromatic rings. The Bertz CT molecular complexity index is 1800. The summed E-state index contributed by atoms with van der Waals surface area (Å²) in [6, 6.07) is 12.0. The number of rotatable bonds is 7. The number of nitrogens with zero attached hydrogens (tertiary/aromatic N) is 4. The molecule has 3 heterocycles. The van der Waals surface area contributed by atoms with Gasteiger partial charge in [0.15, 0.2) is 11.5 Å². The zero-order valence-electron chi connectivity index (χ0n) is 23.0. The van der Waals surface area contributed by atoms with Gasteiger partial charge in [0.2, 0.25) is 5.91 Å². The van der Waals surface area contributed by atoms with Crippen molar-refractivity contribution >= 4 is 28.7 Å². The normalized spacial score (nSPS) is 11.4. The van der Waals surface area contributed by atoms with Crippen LogP contribution in [0.5, 0.6) is 0 Å². The van der Waals surface area contributed by atoms with E-state index in [1.165, 1.54) is 12.1 Å². The summed E-state index contributed by atoms with van der Waals surface area (Å²) in [5.74, 6) is -0.692. The lowest BCUT2D eigenvalue weighted by atomic mass is 9.96. The molecular formula is C30H28FN7O3. The van der Waals surface area contributed by atoms with E-state index in [2.05, 4.69) is 42.3 Å². The number of carbonyl (C=O) groups is 2. The largest absolute Gasteiger partial charge is 0.344 e. The molecule has 208 valence electrons. The fraction of sp³-hybridized carbons (Fsp3) is 0.200. The molecule has 0 aliphatic heterocycles. The van der Waals surface area contributed by atoms with Gasteiger partial charge in [-0.2, -0.15) is 4.98 Å². The van der Waals surface area contributed by atoms with Gasteiger partial charge >= 0.3 is 11.8 Å². The van der Waals surface area contributed by atoms with Crippen LogP contribution in [0.4, 0.5) is 10.1 Å². The molecule has 0 radical (unpaired) electrons. The van der Waals surface area contributed by atoms with Crippen LogP contribution in [0, 0.1) is 12.7 Å². The zero-order chi connectivity index (χ0) is 29.3. The number of hydrogen-bond acceptors (Lipinski definition) is 7. The molecule has 11 heteroatoms. The van der Waals surface area contributed by atoms with E-state index in [0.717, 1.165) is 5.56 Å². The van der Waals surface area contributed by atoms with Crippen molar-refractivity contribution in [2.75, 3.05) is 5.32 Å². The third-order valence-electron chi connectivity index (χ3n) is 6.44. The topological polar surface area (TPSA) is 139 Å². The third kappa shape index (κ3) is 5.60. The van der Waals surface area contributed by atoms with Gasteiger partial charge in [0, 0.05) is 34.8 Å². The Morgan fingerprint density at radius 2 is 1.95 bits per heavy atom. The van der Waals surface area contributed by atoms with E-state index in [0.29, 0.717) is 45.2 Å². The molecule has 10 nitrogen and oxygen atoms in total. The summed E-state index contributed by atoms with van der Waals surface area (Å²) in [6.07, 6.45) is 2.80. The van der Waals surface area contributed by atoms with E-state index in [1.807, 2.05) is 39.8 Å². The molecule has 0 atom stereocenters. The highest BCUT2D eigenvalue weighted by atomic mass is 19.1. The number of halogens is 1. The summed E-state index contributed by atoms with van der Waals surface area (Å²) in [7, 11) is 0. The van der Waals surface area contributed by atoms with Gasteiger partial charge in [0.1, 0.15) is 11.6 Å². The second-order valence-corrected chi connectivity index (χ2v) is 10.5. The maximum Gasteiger partial charge on any atom is 0.315 e. The Kier molecular flexibility index (Phi) is 7.19. The Morgan fingerprint density at radius 1 is 1.15 bits per heavy atom. The smallest absolute Gasteiger partial charge is 0.315 e. The number of anilines is 1. The van der Waals surface area contributed by atoms with E-state index in [4.69, 9.17) is 4.52 Å². The molecule has 2 amide bonds. The Labute approximate surface area is 235 Å². The first-order chi connectivity index (χ1) is 19.5. The predicted octanol–water partition coefficient (Wildman–Crippen LogP) is 5.47. The molecule has 0 unspecified atom stereocenters. The van der Waals surface area contributed by atoms with Crippen molar-refractivity contribution in [1.82, 2.24) is 30.4 Å². The first kappa shape index (κ1) is 27.4. The molecule has 3 N–H and O–H groups in total. The van der Waals surface area contributed by atoms with Crippen LogP contribution in [0.1, 0.15) is 48.4 Å². The monoisotopic (exact) mass is 553 g/mol. The molecule has 5 rings (SSSR count). The molecule has 0 aliphatic rings. The minimum atomic E-state index is -0.586. The van der Waals surface area contributed by atoms with Crippen molar-refractivity contribution in [1.29, 1.82) is 0 Å². The summed E-state index contributed by atoms with van der Waals surface area (Å²) in [6.45, 7) is 11.1. The van der Waals surface area contributed by atoms with Crippen molar-refractivity contribution in [2.24, 2.45) is 0 Å². The van der Waals surface area contributed by atoms with Crippen LogP contribution < -0.4 is 10.6 Å². The molecule has 0 saturated carbocycles. The molecule has 41 heavy (non-hydrogen) atoms. The van der Waals surface area contributed by atoms with E-state index >= 15 is 4.39 Å². The number of aromatic nitrogens is 5. The second-order valence-electron chi connectivity index (χ2n) is 10.5. The summed E-state index contributed by atoms with van der Waals surface area (Å²) >= 11 is 0. The number of carbonyl (C=O) groups excluding carboxylic acids is 2. The van der Waals surface area contributed by atoms with Crippen LogP contribution in [0.2, 0.25) is 0 Å². The number of aryl methyl sites for hydroxylation is 1. The number of amides is 2. The van der Waals surface area contributed by atoms with Crippen LogP contribution in [0.15, 0.2) is 65.8 Å². The van der Waals surface area contributed by atoms with Gasteiger partial charge in [-0.05, 0) is 42.3 Å². The molecule has 3 aromatic heterocycles. The summed E-state index contributed by atoms with van der Waals surface area (Å²) < 4.78 is 20.2. The highest BCUT2D eigenvalue weighted by Crippen LogP contribution is 2.34. The Morgan fingerprint density at radius 3 is 2.66 bits per heavy atom. The van der Waals surface area contributed by atoms with E-state index < -0.39 is 11.7 Å². The molecule has 0 bridgehead atoms. The standard InChI is InChI=1S/C30H28FN7O3/c1-6-22(39)34-21-9-7-8-16(2)23(21)25-35-24-19(12-13-32-26(24)36-25)17-10-11-18(20(31)14-17)15-33-27(40)28-37-29(38-41-28)30(3,4)5/h6-14H,1,15H2,2-5H3,(H,33,40)(H,34,39)(H,32,35,36). The van der Waals surface area contributed by atoms with Gasteiger partial charge in [-0.25, -0.2) is 14.4 Å². The molecule has 0 fully saturated rings. The summed E-state index contributed by atoms with van der Waals surface area (Å²) in [4.78, 5) is 40.9. The van der Waals surface area contributed by atoms with Crippen molar-refractivity contribution in [3.63, 3.8) is 0 Å². The van der Waals surface area contributed by atoms with E-state index in [9.17, 15) is 9.59 Å². The number of H-pyrrole nitrogens is 1. The quantitative estimate of drug-likeness (QED) is 0.227. The zero-order valence-corrected chi connectivity index (χ0v) is 23.0. The van der Waals surface area contributed by atoms with Gasteiger partial charge in [-0.1, -0.05) is 56.8 Å². The predicted molar refractivity (Wildman–Crippen MR) is 152 cm³/mol. The van der Waals surface area contributed by atoms with Crippen LogP contribution in [-0.2, 0) is 16.8 Å². The van der Waals surface area contributed by atoms with Crippen LogP contribution in [0.3, 0.4) is 0 Å². The van der Waals surface area contributed by atoms with Crippen LogP contribution >= 0.6 is 0 Å². The first-order valence-electron chi connectivity index (χ1n) is 12.8. The van der Waals surface area contributed by atoms with E-state index in [-0.39, 0.29) is 29.3 Å². The van der Waals surface area contributed by atoms with Gasteiger partial charge in [0.25, 0.3) is 0 Å². The molecule has 2 aromatic carbocycles. The van der Waals surface area contributed by atoms with Crippen molar-refractivity contribution in [3.05, 3.63) is 90.0 Å².